The van der Waals surface area contributed by atoms with Gasteiger partial charge in [0.25, 0.3) is 5.91 Å². The summed E-state index contributed by atoms with van der Waals surface area (Å²) in [5.74, 6) is -0.0531. The zero-order valence-electron chi connectivity index (χ0n) is 11.9. The van der Waals surface area contributed by atoms with Crippen LogP contribution < -0.4 is 10.6 Å². The predicted octanol–water partition coefficient (Wildman–Crippen LogP) is 3.20. The van der Waals surface area contributed by atoms with Gasteiger partial charge in [0.1, 0.15) is 0 Å². The van der Waals surface area contributed by atoms with Crippen LogP contribution in [0.3, 0.4) is 0 Å². The van der Waals surface area contributed by atoms with E-state index in [0.717, 1.165) is 27.8 Å². The van der Waals surface area contributed by atoms with Crippen LogP contribution in [-0.2, 0) is 0 Å². The number of halogens is 1. The number of carbonyl (C=O) groups is 1. The third-order valence-corrected chi connectivity index (χ3v) is 6.18. The molecular formula is C16H16BrN3OS. The Morgan fingerprint density at radius 3 is 2.95 bits per heavy atom. The fourth-order valence-electron chi connectivity index (χ4n) is 3.38. The number of nitrogens with one attached hydrogen (secondary N) is 2. The number of hydrogen-bond donors (Lipinski definition) is 2. The average molecular weight is 378 g/mol. The first-order chi connectivity index (χ1) is 10.7. The molecule has 2 saturated heterocycles. The van der Waals surface area contributed by atoms with E-state index in [4.69, 9.17) is 0 Å². The van der Waals surface area contributed by atoms with Crippen molar-refractivity contribution in [1.82, 2.24) is 15.6 Å². The Bertz CT molecular complexity index is 717. The smallest absolute Gasteiger partial charge is 0.280 e. The van der Waals surface area contributed by atoms with Gasteiger partial charge in [-0.1, -0.05) is 34.1 Å². The number of rotatable bonds is 3. The number of carbonyl (C=O) groups excluding carboxylic acids is 1. The van der Waals surface area contributed by atoms with Gasteiger partial charge in [-0.3, -0.25) is 4.79 Å². The molecule has 2 fully saturated rings. The van der Waals surface area contributed by atoms with Crippen molar-refractivity contribution < 1.29 is 4.79 Å². The number of fused-ring (bicyclic) bond motifs is 2. The maximum absolute atomic E-state index is 12.4. The second-order valence-electron chi connectivity index (χ2n) is 5.87. The summed E-state index contributed by atoms with van der Waals surface area (Å²) in [6, 6.07) is 9.26. The standard InChI is InChI=1S/C16H16BrN3OS/c17-11-4-2-1-3-10(11)14-8-18-16(22-14)15(21)20-13-7-9-5-6-12(13)19-9/h1-4,8-9,12-13,19H,5-7H2,(H,20,21). The maximum atomic E-state index is 12.4. The molecule has 4 rings (SSSR count). The lowest BCUT2D eigenvalue weighted by atomic mass is 9.95. The molecule has 3 unspecified atom stereocenters. The fraction of sp³-hybridized carbons (Fsp3) is 0.375. The van der Waals surface area contributed by atoms with Crippen LogP contribution in [0.5, 0.6) is 0 Å². The van der Waals surface area contributed by atoms with Crippen LogP contribution in [0.4, 0.5) is 0 Å². The van der Waals surface area contributed by atoms with E-state index in [0.29, 0.717) is 17.1 Å². The van der Waals surface area contributed by atoms with E-state index in [1.54, 1.807) is 6.20 Å². The van der Waals surface area contributed by atoms with Gasteiger partial charge in [0.2, 0.25) is 0 Å². The van der Waals surface area contributed by atoms with Crippen LogP contribution in [-0.4, -0.2) is 29.0 Å². The highest BCUT2D eigenvalue weighted by molar-refractivity contribution is 9.10. The summed E-state index contributed by atoms with van der Waals surface area (Å²) in [6.07, 6.45) is 5.22. The molecule has 3 heterocycles. The lowest BCUT2D eigenvalue weighted by Crippen LogP contribution is -2.42. The molecule has 4 nitrogen and oxygen atoms in total. The molecule has 0 radical (unpaired) electrons. The van der Waals surface area contributed by atoms with Gasteiger partial charge in [0.15, 0.2) is 5.01 Å². The Morgan fingerprint density at radius 1 is 1.36 bits per heavy atom. The van der Waals surface area contributed by atoms with Crippen LogP contribution in [0.25, 0.3) is 10.4 Å². The number of thiazole rings is 1. The molecule has 3 atom stereocenters. The SMILES string of the molecule is O=C(NC1CC2CCC1N2)c1ncc(-c2ccccc2Br)s1. The number of amides is 1. The van der Waals surface area contributed by atoms with Gasteiger partial charge in [-0.25, -0.2) is 4.98 Å². The average Bonchev–Trinajstić information content (AvgIpc) is 3.24. The van der Waals surface area contributed by atoms with E-state index in [2.05, 4.69) is 31.5 Å². The second kappa shape index (κ2) is 5.76. The highest BCUT2D eigenvalue weighted by Gasteiger charge is 2.39. The van der Waals surface area contributed by atoms with Crippen molar-refractivity contribution in [3.63, 3.8) is 0 Å². The third-order valence-electron chi connectivity index (χ3n) is 4.46. The lowest BCUT2D eigenvalue weighted by molar-refractivity contribution is 0.0930. The summed E-state index contributed by atoms with van der Waals surface area (Å²) in [5, 5.41) is 7.21. The Morgan fingerprint density at radius 2 is 2.23 bits per heavy atom. The van der Waals surface area contributed by atoms with Gasteiger partial charge in [-0.2, -0.15) is 0 Å². The number of benzene rings is 1. The van der Waals surface area contributed by atoms with Gasteiger partial charge >= 0.3 is 0 Å². The molecule has 2 aliphatic heterocycles. The Labute approximate surface area is 141 Å². The molecule has 2 bridgehead atoms. The Balaban J connectivity index is 1.49. The minimum Gasteiger partial charge on any atom is -0.346 e. The van der Waals surface area contributed by atoms with E-state index in [1.807, 2.05) is 24.3 Å². The highest BCUT2D eigenvalue weighted by atomic mass is 79.9. The maximum Gasteiger partial charge on any atom is 0.280 e. The van der Waals surface area contributed by atoms with Crippen molar-refractivity contribution in [2.45, 2.75) is 37.4 Å². The molecule has 1 aromatic heterocycles. The topological polar surface area (TPSA) is 54.0 Å². The van der Waals surface area contributed by atoms with Crippen LogP contribution in [0.1, 0.15) is 29.1 Å². The van der Waals surface area contributed by atoms with E-state index in [1.165, 1.54) is 17.8 Å². The van der Waals surface area contributed by atoms with Gasteiger partial charge in [-0.05, 0) is 25.3 Å². The van der Waals surface area contributed by atoms with Gasteiger partial charge in [-0.15, -0.1) is 11.3 Å². The molecule has 1 aromatic carbocycles. The van der Waals surface area contributed by atoms with E-state index >= 15 is 0 Å². The molecule has 22 heavy (non-hydrogen) atoms. The molecule has 6 heteroatoms. The van der Waals surface area contributed by atoms with Crippen LogP contribution in [0.15, 0.2) is 34.9 Å². The third kappa shape index (κ3) is 2.59. The minimum atomic E-state index is -0.0531. The Hall–Kier alpha value is -1.24. The summed E-state index contributed by atoms with van der Waals surface area (Å²) in [7, 11) is 0. The Kier molecular flexibility index (Phi) is 3.76. The van der Waals surface area contributed by atoms with Crippen molar-refractivity contribution >= 4 is 33.2 Å². The number of aromatic nitrogens is 1. The number of nitrogens with zero attached hydrogens (tertiary/aromatic N) is 1. The van der Waals surface area contributed by atoms with Crippen LogP contribution in [0.2, 0.25) is 0 Å². The number of hydrogen-bond acceptors (Lipinski definition) is 4. The highest BCUT2D eigenvalue weighted by Crippen LogP contribution is 2.32. The summed E-state index contributed by atoms with van der Waals surface area (Å²) in [6.45, 7) is 0. The summed E-state index contributed by atoms with van der Waals surface area (Å²) in [5.41, 5.74) is 1.07. The van der Waals surface area contributed by atoms with Gasteiger partial charge in [0.05, 0.1) is 4.88 Å². The molecular weight excluding hydrogens is 362 g/mol. The summed E-state index contributed by atoms with van der Waals surface area (Å²) in [4.78, 5) is 17.7. The van der Waals surface area contributed by atoms with Crippen molar-refractivity contribution in [2.24, 2.45) is 0 Å². The van der Waals surface area contributed by atoms with E-state index < -0.39 is 0 Å². The molecule has 0 saturated carbocycles. The molecule has 2 aromatic rings. The molecule has 2 N–H and O–H groups in total. The molecule has 1 amide bonds. The molecule has 0 spiro atoms. The molecule has 2 aliphatic rings. The van der Waals surface area contributed by atoms with Crippen molar-refractivity contribution in [3.05, 3.63) is 39.9 Å². The van der Waals surface area contributed by atoms with Crippen LogP contribution in [0, 0.1) is 0 Å². The van der Waals surface area contributed by atoms with E-state index in [9.17, 15) is 4.79 Å². The largest absolute Gasteiger partial charge is 0.346 e. The van der Waals surface area contributed by atoms with Crippen LogP contribution >= 0.6 is 27.3 Å². The normalized spacial score (nSPS) is 26.3. The van der Waals surface area contributed by atoms with Crippen molar-refractivity contribution in [1.29, 1.82) is 0 Å². The monoisotopic (exact) mass is 377 g/mol. The fourth-order valence-corrected chi connectivity index (χ4v) is 4.87. The van der Waals surface area contributed by atoms with Gasteiger partial charge < -0.3 is 10.6 Å². The summed E-state index contributed by atoms with van der Waals surface area (Å²) >= 11 is 4.98. The second-order valence-corrected chi connectivity index (χ2v) is 7.76. The quantitative estimate of drug-likeness (QED) is 0.863. The molecule has 114 valence electrons. The zero-order valence-corrected chi connectivity index (χ0v) is 14.3. The van der Waals surface area contributed by atoms with Gasteiger partial charge in [0, 0.05) is 34.4 Å². The van der Waals surface area contributed by atoms with Crippen molar-refractivity contribution in [3.8, 4) is 10.4 Å². The first-order valence-electron chi connectivity index (χ1n) is 7.48. The molecule has 0 aliphatic carbocycles. The first kappa shape index (κ1) is 14.4. The van der Waals surface area contributed by atoms with Crippen molar-refractivity contribution in [2.75, 3.05) is 0 Å². The first-order valence-corrected chi connectivity index (χ1v) is 9.09. The minimum absolute atomic E-state index is 0.0531. The zero-order chi connectivity index (χ0) is 15.1. The lowest BCUT2D eigenvalue weighted by Gasteiger charge is -2.20. The predicted molar refractivity (Wildman–Crippen MR) is 91.1 cm³/mol. The van der Waals surface area contributed by atoms with E-state index in [-0.39, 0.29) is 11.9 Å². The summed E-state index contributed by atoms with van der Waals surface area (Å²) < 4.78 is 1.02.